The van der Waals surface area contributed by atoms with E-state index in [4.69, 9.17) is 4.74 Å². The number of benzene rings is 1. The number of methoxy groups -OCH3 is 1. The smallest absolute Gasteiger partial charge is 0.268 e. The van der Waals surface area contributed by atoms with E-state index in [0.717, 1.165) is 25.9 Å². The van der Waals surface area contributed by atoms with Crippen LogP contribution in [-0.4, -0.2) is 34.9 Å². The van der Waals surface area contributed by atoms with Gasteiger partial charge in [0.15, 0.2) is 0 Å². The van der Waals surface area contributed by atoms with Crippen LogP contribution in [0.4, 0.5) is 4.39 Å². The zero-order chi connectivity index (χ0) is 16.2. The number of ether oxygens (including phenoxy) is 1. The summed E-state index contributed by atoms with van der Waals surface area (Å²) >= 11 is 0. The summed E-state index contributed by atoms with van der Waals surface area (Å²) in [6, 6.07) is 7.61. The fraction of sp³-hybridized carbons (Fsp3) is 0.412. The van der Waals surface area contributed by atoms with E-state index in [9.17, 15) is 9.18 Å². The fourth-order valence-corrected chi connectivity index (χ4v) is 2.81. The van der Waals surface area contributed by atoms with Crippen LogP contribution < -0.4 is 10.3 Å². The monoisotopic (exact) mass is 317 g/mol. The van der Waals surface area contributed by atoms with E-state index < -0.39 is 5.82 Å². The lowest BCUT2D eigenvalue weighted by molar-refractivity contribution is 0.170. The molecule has 0 amide bonds. The van der Waals surface area contributed by atoms with Gasteiger partial charge in [0, 0.05) is 17.7 Å². The second-order valence-electron chi connectivity index (χ2n) is 5.72. The number of rotatable bonds is 4. The molecule has 2 aromatic rings. The molecule has 1 aromatic carbocycles. The van der Waals surface area contributed by atoms with Crippen LogP contribution in [0, 0.1) is 5.82 Å². The first-order valence-corrected chi connectivity index (χ1v) is 7.82. The molecule has 0 atom stereocenters. The molecule has 1 aliphatic heterocycles. The van der Waals surface area contributed by atoms with Crippen molar-refractivity contribution < 1.29 is 9.13 Å². The van der Waals surface area contributed by atoms with Gasteiger partial charge in [-0.05, 0) is 44.1 Å². The maximum Gasteiger partial charge on any atom is 0.268 e. The predicted molar refractivity (Wildman–Crippen MR) is 85.9 cm³/mol. The van der Waals surface area contributed by atoms with Crippen molar-refractivity contribution in [2.24, 2.45) is 0 Å². The largest absolute Gasteiger partial charge is 0.497 e. The minimum Gasteiger partial charge on any atom is -0.497 e. The Bertz CT molecular complexity index is 739. The summed E-state index contributed by atoms with van der Waals surface area (Å²) in [6.07, 6.45) is 3.51. The molecule has 1 fully saturated rings. The van der Waals surface area contributed by atoms with Crippen LogP contribution >= 0.6 is 0 Å². The third-order valence-corrected chi connectivity index (χ3v) is 4.10. The van der Waals surface area contributed by atoms with Crippen LogP contribution in [-0.2, 0) is 6.67 Å². The van der Waals surface area contributed by atoms with Crippen LogP contribution in [0.15, 0.2) is 35.1 Å². The zero-order valence-corrected chi connectivity index (χ0v) is 13.2. The lowest BCUT2D eigenvalue weighted by Gasteiger charge is -2.26. The first-order chi connectivity index (χ1) is 11.2. The quantitative estimate of drug-likeness (QED) is 0.869. The van der Waals surface area contributed by atoms with Crippen molar-refractivity contribution in [2.45, 2.75) is 25.9 Å². The molecule has 0 bridgehead atoms. The summed E-state index contributed by atoms with van der Waals surface area (Å²) in [6.45, 7) is 2.38. The van der Waals surface area contributed by atoms with Gasteiger partial charge in [0.1, 0.15) is 11.6 Å². The maximum absolute atomic E-state index is 14.2. The Hall–Kier alpha value is -2.21. The lowest BCUT2D eigenvalue weighted by Crippen LogP contribution is -2.36. The highest BCUT2D eigenvalue weighted by atomic mass is 19.1. The molecule has 0 spiro atoms. The fourth-order valence-electron chi connectivity index (χ4n) is 2.81. The standard InChI is InChI=1S/C17H20FN3O2/c1-23-13-5-6-14(15(18)11-13)16-7-8-17(22)21(19-16)12-20-9-3-2-4-10-20/h5-8,11H,2-4,9-10,12H2,1H3. The highest BCUT2D eigenvalue weighted by Crippen LogP contribution is 2.24. The van der Waals surface area contributed by atoms with Crippen LogP contribution in [0.1, 0.15) is 19.3 Å². The van der Waals surface area contributed by atoms with E-state index in [1.54, 1.807) is 18.2 Å². The predicted octanol–water partition coefficient (Wildman–Crippen LogP) is 2.50. The Morgan fingerprint density at radius 2 is 1.96 bits per heavy atom. The highest BCUT2D eigenvalue weighted by molar-refractivity contribution is 5.60. The Morgan fingerprint density at radius 1 is 1.17 bits per heavy atom. The summed E-state index contributed by atoms with van der Waals surface area (Å²) in [5.74, 6) is 0.0351. The molecule has 6 heteroatoms. The summed E-state index contributed by atoms with van der Waals surface area (Å²) in [7, 11) is 1.49. The molecule has 1 aliphatic rings. The molecule has 0 saturated carbocycles. The average molecular weight is 317 g/mol. The topological polar surface area (TPSA) is 47.4 Å². The van der Waals surface area contributed by atoms with E-state index in [-0.39, 0.29) is 5.56 Å². The van der Waals surface area contributed by atoms with Gasteiger partial charge in [-0.2, -0.15) is 5.10 Å². The van der Waals surface area contributed by atoms with Crippen LogP contribution in [0.2, 0.25) is 0 Å². The SMILES string of the molecule is COc1ccc(-c2ccc(=O)n(CN3CCCCC3)n2)c(F)c1. The molecule has 1 saturated heterocycles. The number of likely N-dealkylation sites (tertiary alicyclic amines) is 1. The zero-order valence-electron chi connectivity index (χ0n) is 13.2. The van der Waals surface area contributed by atoms with Gasteiger partial charge in [0.05, 0.1) is 19.5 Å². The molecule has 0 radical (unpaired) electrons. The van der Waals surface area contributed by atoms with Crippen LogP contribution in [0.3, 0.4) is 0 Å². The Labute approximate surface area is 134 Å². The molecule has 0 unspecified atom stereocenters. The van der Waals surface area contributed by atoms with Gasteiger partial charge >= 0.3 is 0 Å². The van der Waals surface area contributed by atoms with Crippen LogP contribution in [0.25, 0.3) is 11.3 Å². The molecule has 3 rings (SSSR count). The van der Waals surface area contributed by atoms with Gasteiger partial charge in [-0.3, -0.25) is 9.69 Å². The number of hydrogen-bond acceptors (Lipinski definition) is 4. The van der Waals surface area contributed by atoms with E-state index in [1.807, 2.05) is 0 Å². The van der Waals surface area contributed by atoms with Crippen molar-refractivity contribution in [3.05, 3.63) is 46.5 Å². The van der Waals surface area contributed by atoms with Crippen molar-refractivity contribution in [3.8, 4) is 17.0 Å². The third-order valence-electron chi connectivity index (χ3n) is 4.10. The normalized spacial score (nSPS) is 15.6. The van der Waals surface area contributed by atoms with Gasteiger partial charge in [0.25, 0.3) is 5.56 Å². The molecular weight excluding hydrogens is 297 g/mol. The van der Waals surface area contributed by atoms with Crippen molar-refractivity contribution in [1.82, 2.24) is 14.7 Å². The van der Waals surface area contributed by atoms with Gasteiger partial charge in [0.2, 0.25) is 0 Å². The molecule has 122 valence electrons. The average Bonchev–Trinajstić information content (AvgIpc) is 2.58. The molecule has 5 nitrogen and oxygen atoms in total. The number of halogens is 1. The molecule has 0 aliphatic carbocycles. The van der Waals surface area contributed by atoms with E-state index >= 15 is 0 Å². The first-order valence-electron chi connectivity index (χ1n) is 7.82. The van der Waals surface area contributed by atoms with Gasteiger partial charge in [-0.25, -0.2) is 9.07 Å². The summed E-state index contributed by atoms with van der Waals surface area (Å²) < 4.78 is 20.6. The lowest BCUT2D eigenvalue weighted by atomic mass is 10.1. The number of aromatic nitrogens is 2. The van der Waals surface area contributed by atoms with Crippen LogP contribution in [0.5, 0.6) is 5.75 Å². The summed E-state index contributed by atoms with van der Waals surface area (Å²) in [5.41, 5.74) is 0.633. The second kappa shape index (κ2) is 6.91. The van der Waals surface area contributed by atoms with Gasteiger partial charge < -0.3 is 4.74 Å². The molecular formula is C17H20FN3O2. The molecule has 1 aromatic heterocycles. The summed E-state index contributed by atoms with van der Waals surface area (Å²) in [4.78, 5) is 14.2. The van der Waals surface area contributed by atoms with Crippen molar-refractivity contribution in [3.63, 3.8) is 0 Å². The van der Waals surface area contributed by atoms with E-state index in [0.29, 0.717) is 23.7 Å². The highest BCUT2D eigenvalue weighted by Gasteiger charge is 2.13. The van der Waals surface area contributed by atoms with Crippen molar-refractivity contribution in [2.75, 3.05) is 20.2 Å². The first kappa shape index (κ1) is 15.7. The van der Waals surface area contributed by atoms with Crippen molar-refractivity contribution in [1.29, 1.82) is 0 Å². The second-order valence-corrected chi connectivity index (χ2v) is 5.72. The molecule has 23 heavy (non-hydrogen) atoms. The number of piperidine rings is 1. The number of hydrogen-bond donors (Lipinski definition) is 0. The molecule has 0 N–H and O–H groups in total. The Morgan fingerprint density at radius 3 is 2.65 bits per heavy atom. The minimum absolute atomic E-state index is 0.173. The Kier molecular flexibility index (Phi) is 4.71. The maximum atomic E-state index is 14.2. The Balaban J connectivity index is 1.89. The minimum atomic E-state index is -0.417. The van der Waals surface area contributed by atoms with E-state index in [2.05, 4.69) is 10.00 Å². The number of nitrogens with zero attached hydrogens (tertiary/aromatic N) is 3. The molecule has 2 heterocycles. The van der Waals surface area contributed by atoms with E-state index in [1.165, 1.54) is 30.3 Å². The van der Waals surface area contributed by atoms with Crippen molar-refractivity contribution >= 4 is 0 Å². The van der Waals surface area contributed by atoms with Gasteiger partial charge in [-0.1, -0.05) is 6.42 Å². The third kappa shape index (κ3) is 3.59. The van der Waals surface area contributed by atoms with Gasteiger partial charge in [-0.15, -0.1) is 0 Å². The summed E-state index contributed by atoms with van der Waals surface area (Å²) in [5, 5.41) is 4.33.